The fourth-order valence-electron chi connectivity index (χ4n) is 9.52. The Morgan fingerprint density at radius 2 is 0.830 bits per heavy atom. The number of hydrogen-bond donors (Lipinski definition) is 0. The van der Waals surface area contributed by atoms with Crippen LogP contribution in [-0.4, -0.2) is 0 Å². The first-order valence-electron chi connectivity index (χ1n) is 16.8. The molecule has 0 fully saturated rings. The molecule has 218 valence electrons. The molecule has 2 aliphatic carbocycles. The summed E-state index contributed by atoms with van der Waals surface area (Å²) in [6.45, 7) is 0. The molecule has 0 saturated carbocycles. The van der Waals surface area contributed by atoms with E-state index in [9.17, 15) is 0 Å². The number of hydrogen-bond acceptors (Lipinski definition) is 0. The van der Waals surface area contributed by atoms with Gasteiger partial charge in [0.1, 0.15) is 0 Å². The summed E-state index contributed by atoms with van der Waals surface area (Å²) in [5.74, 6) is 0. The molecule has 0 aliphatic heterocycles. The van der Waals surface area contributed by atoms with Crippen molar-refractivity contribution in [2.45, 2.75) is 18.3 Å². The molecule has 0 bridgehead atoms. The highest BCUT2D eigenvalue weighted by molar-refractivity contribution is 6.39. The Morgan fingerprint density at radius 1 is 0.340 bits per heavy atom. The standard InChI is InChI=1S/C47H30/c1-9-19-42-29(11-1)25-26-47(42)43-20-10-8-15-36(43)37-24-22-31(28-44(37)47)30-21-23-35-34-14-4-6-17-39(34)45-38-16-5-2-12-32(38)33-13-3-7-18-40(33)46(45)41(35)27-30/h1-24,27-28H,25-26H2. The van der Waals surface area contributed by atoms with Crippen LogP contribution in [-0.2, 0) is 11.8 Å². The Morgan fingerprint density at radius 3 is 1.53 bits per heavy atom. The molecule has 9 aromatic rings. The maximum atomic E-state index is 2.52. The summed E-state index contributed by atoms with van der Waals surface area (Å²) in [6.07, 6.45) is 2.23. The van der Waals surface area contributed by atoms with Crippen molar-refractivity contribution in [3.05, 3.63) is 180 Å². The van der Waals surface area contributed by atoms with Crippen molar-refractivity contribution in [2.75, 3.05) is 0 Å². The van der Waals surface area contributed by atoms with Crippen molar-refractivity contribution < 1.29 is 0 Å². The molecule has 0 amide bonds. The van der Waals surface area contributed by atoms with Crippen LogP contribution in [0.5, 0.6) is 0 Å². The van der Waals surface area contributed by atoms with Crippen molar-refractivity contribution in [3.8, 4) is 22.3 Å². The summed E-state index contributed by atoms with van der Waals surface area (Å²) >= 11 is 0. The van der Waals surface area contributed by atoms with E-state index in [1.54, 1.807) is 0 Å². The van der Waals surface area contributed by atoms with Crippen LogP contribution in [0.15, 0.2) is 158 Å². The molecule has 0 nitrogen and oxygen atoms in total. The predicted octanol–water partition coefficient (Wildman–Crippen LogP) is 12.4. The second kappa shape index (κ2) is 9.18. The van der Waals surface area contributed by atoms with Gasteiger partial charge in [0.05, 0.1) is 0 Å². The summed E-state index contributed by atoms with van der Waals surface area (Å²) in [5.41, 5.74) is 11.1. The molecule has 1 spiro atoms. The van der Waals surface area contributed by atoms with Crippen LogP contribution >= 0.6 is 0 Å². The lowest BCUT2D eigenvalue weighted by molar-refractivity contribution is 0.626. The monoisotopic (exact) mass is 594 g/mol. The smallest absolute Gasteiger partial charge is 0.0469 e. The van der Waals surface area contributed by atoms with Gasteiger partial charge in [0.25, 0.3) is 0 Å². The number of fused-ring (bicyclic) bond motifs is 18. The van der Waals surface area contributed by atoms with Crippen LogP contribution in [0, 0.1) is 0 Å². The van der Waals surface area contributed by atoms with E-state index in [4.69, 9.17) is 0 Å². The Bertz CT molecular complexity index is 2780. The molecular formula is C47H30. The van der Waals surface area contributed by atoms with Gasteiger partial charge in [0.15, 0.2) is 0 Å². The van der Waals surface area contributed by atoms with E-state index < -0.39 is 0 Å². The van der Waals surface area contributed by atoms with Gasteiger partial charge in [0.2, 0.25) is 0 Å². The fraction of sp³-hybridized carbons (Fsp3) is 0.0638. The zero-order valence-electron chi connectivity index (χ0n) is 25.9. The van der Waals surface area contributed by atoms with Crippen LogP contribution in [0.3, 0.4) is 0 Å². The average Bonchev–Trinajstić information content (AvgIpc) is 3.67. The Kier molecular flexibility index (Phi) is 4.97. The Balaban J connectivity index is 1.23. The molecule has 9 aromatic carbocycles. The fourth-order valence-corrected chi connectivity index (χ4v) is 9.52. The third kappa shape index (κ3) is 3.23. The van der Waals surface area contributed by atoms with Gasteiger partial charge >= 0.3 is 0 Å². The third-order valence-corrected chi connectivity index (χ3v) is 11.4. The van der Waals surface area contributed by atoms with E-state index in [1.807, 2.05) is 0 Å². The molecular weight excluding hydrogens is 565 g/mol. The third-order valence-electron chi connectivity index (χ3n) is 11.4. The quantitative estimate of drug-likeness (QED) is 0.166. The van der Waals surface area contributed by atoms with Crippen molar-refractivity contribution >= 4 is 53.9 Å². The first kappa shape index (κ1) is 25.5. The van der Waals surface area contributed by atoms with Crippen molar-refractivity contribution in [1.82, 2.24) is 0 Å². The van der Waals surface area contributed by atoms with Crippen LogP contribution in [0.25, 0.3) is 76.1 Å². The first-order valence-corrected chi connectivity index (χ1v) is 16.8. The highest BCUT2D eigenvalue weighted by Gasteiger charge is 2.48. The number of aryl methyl sites for hydroxylation is 1. The van der Waals surface area contributed by atoms with E-state index >= 15 is 0 Å². The van der Waals surface area contributed by atoms with Gasteiger partial charge in [-0.25, -0.2) is 0 Å². The number of rotatable bonds is 1. The first-order chi connectivity index (χ1) is 23.3. The Hall–Kier alpha value is -5.72. The molecule has 0 aromatic heterocycles. The second-order valence-corrected chi connectivity index (χ2v) is 13.5. The van der Waals surface area contributed by atoms with Crippen molar-refractivity contribution in [1.29, 1.82) is 0 Å². The lowest BCUT2D eigenvalue weighted by Gasteiger charge is -2.29. The van der Waals surface area contributed by atoms with Crippen LogP contribution < -0.4 is 0 Å². The van der Waals surface area contributed by atoms with Gasteiger partial charge in [-0.15, -0.1) is 0 Å². The van der Waals surface area contributed by atoms with Crippen LogP contribution in [0.2, 0.25) is 0 Å². The summed E-state index contributed by atoms with van der Waals surface area (Å²) in [5, 5.41) is 13.2. The summed E-state index contributed by atoms with van der Waals surface area (Å²) < 4.78 is 0. The summed E-state index contributed by atoms with van der Waals surface area (Å²) in [6, 6.07) is 59.6. The van der Waals surface area contributed by atoms with Crippen molar-refractivity contribution in [3.63, 3.8) is 0 Å². The lowest BCUT2D eigenvalue weighted by Crippen LogP contribution is -2.23. The zero-order valence-corrected chi connectivity index (χ0v) is 25.9. The average molecular weight is 595 g/mol. The molecule has 0 heteroatoms. The van der Waals surface area contributed by atoms with Gasteiger partial charge in [0, 0.05) is 5.41 Å². The largest absolute Gasteiger partial charge is 0.0620 e. The topological polar surface area (TPSA) is 0 Å². The molecule has 2 aliphatic rings. The zero-order chi connectivity index (χ0) is 30.7. The molecule has 0 N–H and O–H groups in total. The lowest BCUT2D eigenvalue weighted by atomic mass is 9.73. The SMILES string of the molecule is c1ccc2c(c1)CCC21c2ccccc2-c2ccc(-c3ccc4c5ccccc5c5c6ccccc6c6ccccc6c5c4c3)cc21. The van der Waals surface area contributed by atoms with E-state index in [0.29, 0.717) is 0 Å². The maximum Gasteiger partial charge on any atom is 0.0469 e. The van der Waals surface area contributed by atoms with Crippen LogP contribution in [0.1, 0.15) is 28.7 Å². The predicted molar refractivity (Wildman–Crippen MR) is 199 cm³/mol. The minimum atomic E-state index is -0.0899. The maximum absolute atomic E-state index is 2.52. The molecule has 1 atom stereocenters. The van der Waals surface area contributed by atoms with Gasteiger partial charge in [-0.2, -0.15) is 0 Å². The molecule has 47 heavy (non-hydrogen) atoms. The molecule has 1 unspecified atom stereocenters. The molecule has 11 rings (SSSR count). The van der Waals surface area contributed by atoms with E-state index in [2.05, 4.69) is 158 Å². The normalized spacial score (nSPS) is 16.4. The molecule has 0 saturated heterocycles. The van der Waals surface area contributed by atoms with Gasteiger partial charge in [-0.3, -0.25) is 0 Å². The van der Waals surface area contributed by atoms with Gasteiger partial charge in [-0.05, 0) is 123 Å². The minimum Gasteiger partial charge on any atom is -0.0620 e. The molecule has 0 radical (unpaired) electrons. The number of benzene rings is 9. The van der Waals surface area contributed by atoms with Crippen LogP contribution in [0.4, 0.5) is 0 Å². The van der Waals surface area contributed by atoms with Gasteiger partial charge in [-0.1, -0.05) is 146 Å². The van der Waals surface area contributed by atoms with E-state index in [1.165, 1.54) is 98.4 Å². The Labute approximate surface area is 273 Å². The van der Waals surface area contributed by atoms with Crippen molar-refractivity contribution in [2.24, 2.45) is 0 Å². The highest BCUT2D eigenvalue weighted by atomic mass is 14.5. The summed E-state index contributed by atoms with van der Waals surface area (Å²) in [4.78, 5) is 0. The minimum absolute atomic E-state index is 0.0899. The van der Waals surface area contributed by atoms with Gasteiger partial charge < -0.3 is 0 Å². The molecule has 0 heterocycles. The van der Waals surface area contributed by atoms with E-state index in [0.717, 1.165) is 12.8 Å². The summed E-state index contributed by atoms with van der Waals surface area (Å²) in [7, 11) is 0. The van der Waals surface area contributed by atoms with E-state index in [-0.39, 0.29) is 5.41 Å². The highest BCUT2D eigenvalue weighted by Crippen LogP contribution is 2.58. The second-order valence-electron chi connectivity index (χ2n) is 13.5.